The van der Waals surface area contributed by atoms with Gasteiger partial charge in [-0.2, -0.15) is 0 Å². The number of morpholine rings is 1. The topological polar surface area (TPSA) is 28.6 Å². The van der Waals surface area contributed by atoms with Crippen LogP contribution in [0.5, 0.6) is 0 Å². The molecule has 0 saturated carbocycles. The van der Waals surface area contributed by atoms with E-state index in [2.05, 4.69) is 32.3 Å². The summed E-state index contributed by atoms with van der Waals surface area (Å²) in [6.07, 6.45) is 1.92. The van der Waals surface area contributed by atoms with Crippen molar-refractivity contribution in [3.8, 4) is 0 Å². The van der Waals surface area contributed by atoms with Gasteiger partial charge in [0.05, 0.1) is 29.1 Å². The number of anilines is 1. The Morgan fingerprint density at radius 2 is 2.05 bits per heavy atom. The second kappa shape index (κ2) is 4.74. The van der Waals surface area contributed by atoms with Gasteiger partial charge in [0.15, 0.2) is 0 Å². The van der Waals surface area contributed by atoms with E-state index < -0.39 is 0 Å². The number of hydrogen-bond donors (Lipinski definition) is 0. The molecule has 0 N–H and O–H groups in total. The number of pyridine rings is 1. The molecule has 0 aromatic carbocycles. The van der Waals surface area contributed by atoms with E-state index in [1.54, 1.807) is 11.3 Å². The van der Waals surface area contributed by atoms with Crippen molar-refractivity contribution in [3.05, 3.63) is 23.7 Å². The number of aromatic nitrogens is 1. The number of rotatable bonds is 2. The van der Waals surface area contributed by atoms with Gasteiger partial charge in [-0.3, -0.25) is 9.88 Å². The summed E-state index contributed by atoms with van der Waals surface area (Å²) in [6.45, 7) is 6.22. The van der Waals surface area contributed by atoms with Crippen LogP contribution in [0.2, 0.25) is 0 Å². The highest BCUT2D eigenvalue weighted by Crippen LogP contribution is 2.33. The van der Waals surface area contributed by atoms with Gasteiger partial charge in [0.25, 0.3) is 0 Å². The van der Waals surface area contributed by atoms with E-state index in [1.165, 1.54) is 10.4 Å². The SMILES string of the molecule is c1cc(N2CC(N3CCOCC3)C2)c2sccc2n1. The van der Waals surface area contributed by atoms with Gasteiger partial charge >= 0.3 is 0 Å². The molecule has 2 aromatic heterocycles. The highest BCUT2D eigenvalue weighted by Gasteiger charge is 2.33. The van der Waals surface area contributed by atoms with Gasteiger partial charge in [-0.25, -0.2) is 0 Å². The minimum Gasteiger partial charge on any atom is -0.379 e. The monoisotopic (exact) mass is 275 g/mol. The summed E-state index contributed by atoms with van der Waals surface area (Å²) in [5, 5.41) is 2.13. The molecule has 4 nitrogen and oxygen atoms in total. The molecule has 0 atom stereocenters. The minimum absolute atomic E-state index is 0.701. The Kier molecular flexibility index (Phi) is 2.90. The fourth-order valence-corrected chi connectivity index (χ4v) is 3.83. The van der Waals surface area contributed by atoms with Crippen LogP contribution in [0.4, 0.5) is 5.69 Å². The third-order valence-corrected chi connectivity index (χ3v) is 5.01. The standard InChI is InChI=1S/C14H17N3OS/c1-3-15-12-2-8-19-14(12)13(1)17-9-11(10-17)16-4-6-18-7-5-16/h1-3,8,11H,4-7,9-10H2. The summed E-state index contributed by atoms with van der Waals surface area (Å²) in [4.78, 5) is 9.44. The third-order valence-electron chi connectivity index (χ3n) is 4.09. The average molecular weight is 275 g/mol. The lowest BCUT2D eigenvalue weighted by molar-refractivity contribution is 0.0106. The van der Waals surface area contributed by atoms with Crippen LogP contribution in [0.3, 0.4) is 0 Å². The molecule has 0 aliphatic carbocycles. The molecule has 100 valence electrons. The van der Waals surface area contributed by atoms with Crippen LogP contribution in [0.15, 0.2) is 23.7 Å². The molecule has 0 radical (unpaired) electrons. The summed E-state index contributed by atoms with van der Waals surface area (Å²) in [5.74, 6) is 0. The number of thiophene rings is 1. The molecule has 2 aromatic rings. The number of ether oxygens (including phenoxy) is 1. The van der Waals surface area contributed by atoms with Gasteiger partial charge in [-0.1, -0.05) is 0 Å². The third kappa shape index (κ3) is 2.02. The van der Waals surface area contributed by atoms with Crippen molar-refractivity contribution in [1.82, 2.24) is 9.88 Å². The Hall–Kier alpha value is -1.17. The molecule has 4 heterocycles. The van der Waals surface area contributed by atoms with Crippen LogP contribution in [0, 0.1) is 0 Å². The summed E-state index contributed by atoms with van der Waals surface area (Å²) in [6, 6.07) is 4.95. The number of fused-ring (bicyclic) bond motifs is 1. The molecule has 2 aliphatic heterocycles. The zero-order chi connectivity index (χ0) is 12.7. The fourth-order valence-electron chi connectivity index (χ4n) is 2.93. The van der Waals surface area contributed by atoms with E-state index in [1.807, 2.05) is 6.20 Å². The number of hydrogen-bond acceptors (Lipinski definition) is 5. The van der Waals surface area contributed by atoms with Crippen LogP contribution in [-0.4, -0.2) is 55.3 Å². The molecule has 19 heavy (non-hydrogen) atoms. The van der Waals surface area contributed by atoms with Gasteiger partial charge in [0.2, 0.25) is 0 Å². The zero-order valence-corrected chi connectivity index (χ0v) is 11.6. The van der Waals surface area contributed by atoms with Gasteiger partial charge in [0, 0.05) is 38.4 Å². The van der Waals surface area contributed by atoms with Crippen molar-refractivity contribution in [2.24, 2.45) is 0 Å². The zero-order valence-electron chi connectivity index (χ0n) is 10.8. The smallest absolute Gasteiger partial charge is 0.0830 e. The Morgan fingerprint density at radius 1 is 1.21 bits per heavy atom. The van der Waals surface area contributed by atoms with Crippen molar-refractivity contribution in [2.45, 2.75) is 6.04 Å². The molecule has 5 heteroatoms. The van der Waals surface area contributed by atoms with E-state index in [9.17, 15) is 0 Å². The first kappa shape index (κ1) is 11.6. The fraction of sp³-hybridized carbons (Fsp3) is 0.500. The molecular formula is C14H17N3OS. The molecular weight excluding hydrogens is 258 g/mol. The maximum Gasteiger partial charge on any atom is 0.0830 e. The molecule has 0 spiro atoms. The first-order valence-electron chi connectivity index (χ1n) is 6.81. The van der Waals surface area contributed by atoms with Crippen molar-refractivity contribution >= 4 is 27.2 Å². The largest absolute Gasteiger partial charge is 0.379 e. The molecule has 4 rings (SSSR count). The van der Waals surface area contributed by atoms with E-state index in [-0.39, 0.29) is 0 Å². The van der Waals surface area contributed by atoms with Gasteiger partial charge in [-0.05, 0) is 17.5 Å². The maximum absolute atomic E-state index is 5.42. The van der Waals surface area contributed by atoms with Crippen LogP contribution in [0.25, 0.3) is 10.2 Å². The van der Waals surface area contributed by atoms with E-state index >= 15 is 0 Å². The van der Waals surface area contributed by atoms with Crippen molar-refractivity contribution in [2.75, 3.05) is 44.3 Å². The second-order valence-electron chi connectivity index (χ2n) is 5.17. The van der Waals surface area contributed by atoms with E-state index in [0.717, 1.165) is 44.9 Å². The highest BCUT2D eigenvalue weighted by molar-refractivity contribution is 7.17. The lowest BCUT2D eigenvalue weighted by Crippen LogP contribution is -2.61. The Morgan fingerprint density at radius 3 is 2.89 bits per heavy atom. The summed E-state index contributed by atoms with van der Waals surface area (Å²) in [7, 11) is 0. The molecule has 0 bridgehead atoms. The maximum atomic E-state index is 5.42. The minimum atomic E-state index is 0.701. The quantitative estimate of drug-likeness (QED) is 0.836. The highest BCUT2D eigenvalue weighted by atomic mass is 32.1. The van der Waals surface area contributed by atoms with Gasteiger partial charge in [0.1, 0.15) is 0 Å². The number of nitrogens with zero attached hydrogens (tertiary/aromatic N) is 3. The van der Waals surface area contributed by atoms with Crippen LogP contribution in [0.1, 0.15) is 0 Å². The molecule has 0 amide bonds. The van der Waals surface area contributed by atoms with Gasteiger partial charge in [-0.15, -0.1) is 11.3 Å². The van der Waals surface area contributed by atoms with Crippen LogP contribution < -0.4 is 4.90 Å². The van der Waals surface area contributed by atoms with E-state index in [4.69, 9.17) is 4.74 Å². The molecule has 2 aliphatic rings. The van der Waals surface area contributed by atoms with Crippen molar-refractivity contribution < 1.29 is 4.74 Å². The average Bonchev–Trinajstić information content (AvgIpc) is 2.87. The predicted octanol–water partition coefficient (Wildman–Crippen LogP) is 1.82. The van der Waals surface area contributed by atoms with Crippen LogP contribution in [-0.2, 0) is 4.74 Å². The Bertz CT molecular complexity index is 573. The molecule has 2 saturated heterocycles. The predicted molar refractivity (Wildman–Crippen MR) is 78.0 cm³/mol. The molecule has 2 fully saturated rings. The Balaban J connectivity index is 1.49. The van der Waals surface area contributed by atoms with Crippen molar-refractivity contribution in [1.29, 1.82) is 0 Å². The lowest BCUT2D eigenvalue weighted by Gasteiger charge is -2.47. The lowest BCUT2D eigenvalue weighted by atomic mass is 10.1. The van der Waals surface area contributed by atoms with Crippen molar-refractivity contribution in [3.63, 3.8) is 0 Å². The first-order valence-corrected chi connectivity index (χ1v) is 7.69. The normalized spacial score (nSPS) is 21.8. The molecule has 0 unspecified atom stereocenters. The first-order chi connectivity index (χ1) is 9.42. The van der Waals surface area contributed by atoms with E-state index in [0.29, 0.717) is 6.04 Å². The van der Waals surface area contributed by atoms with Crippen LogP contribution >= 0.6 is 11.3 Å². The summed E-state index contributed by atoms with van der Waals surface area (Å²) < 4.78 is 6.74. The summed E-state index contributed by atoms with van der Waals surface area (Å²) >= 11 is 1.79. The van der Waals surface area contributed by atoms with Gasteiger partial charge < -0.3 is 9.64 Å². The summed E-state index contributed by atoms with van der Waals surface area (Å²) in [5.41, 5.74) is 2.47. The Labute approximate surface area is 116 Å². The second-order valence-corrected chi connectivity index (χ2v) is 6.09.